The molecule has 0 bridgehead atoms. The Bertz CT molecular complexity index is 232. The lowest BCUT2D eigenvalue weighted by Crippen LogP contribution is -2.39. The average molecular weight is 228 g/mol. The summed E-state index contributed by atoms with van der Waals surface area (Å²) in [5.74, 6) is 0. The number of alkyl carbamates (subject to hydrolysis) is 1. The largest absolute Gasteiger partial charge is 0.444 e. The molecule has 4 nitrogen and oxygen atoms in total. The van der Waals surface area contributed by atoms with E-state index in [4.69, 9.17) is 10.5 Å². The lowest BCUT2D eigenvalue weighted by atomic mass is 10.2. The second kappa shape index (κ2) is 7.28. The van der Waals surface area contributed by atoms with E-state index < -0.39 is 11.7 Å². The van der Waals surface area contributed by atoms with Crippen molar-refractivity contribution in [2.75, 3.05) is 6.54 Å². The molecular weight excluding hydrogens is 204 g/mol. The Morgan fingerprint density at radius 2 is 2.06 bits per heavy atom. The van der Waals surface area contributed by atoms with Crippen molar-refractivity contribution in [3.8, 4) is 0 Å². The minimum absolute atomic E-state index is 0.0599. The van der Waals surface area contributed by atoms with Gasteiger partial charge in [0, 0.05) is 12.6 Å². The fourth-order valence-corrected chi connectivity index (χ4v) is 1.05. The monoisotopic (exact) mass is 228 g/mol. The first kappa shape index (κ1) is 15.0. The van der Waals surface area contributed by atoms with Crippen molar-refractivity contribution >= 4 is 6.09 Å². The molecule has 0 aromatic heterocycles. The van der Waals surface area contributed by atoms with E-state index in [0.29, 0.717) is 6.54 Å². The van der Waals surface area contributed by atoms with Gasteiger partial charge in [-0.2, -0.15) is 0 Å². The summed E-state index contributed by atoms with van der Waals surface area (Å²) < 4.78 is 5.09. The van der Waals surface area contributed by atoms with Crippen LogP contribution in [0.25, 0.3) is 0 Å². The van der Waals surface area contributed by atoms with Gasteiger partial charge in [-0.05, 0) is 33.6 Å². The van der Waals surface area contributed by atoms with Gasteiger partial charge in [0.15, 0.2) is 0 Å². The molecule has 0 saturated carbocycles. The van der Waals surface area contributed by atoms with Gasteiger partial charge in [-0.3, -0.25) is 0 Å². The minimum atomic E-state index is -0.462. The molecular formula is C12H24N2O2. The van der Waals surface area contributed by atoms with Crippen LogP contribution in [0.4, 0.5) is 4.79 Å². The van der Waals surface area contributed by atoms with Crippen molar-refractivity contribution in [3.05, 3.63) is 12.2 Å². The quantitative estimate of drug-likeness (QED) is 0.709. The molecule has 3 N–H and O–H groups in total. The second-order valence-electron chi connectivity index (χ2n) is 4.76. The van der Waals surface area contributed by atoms with Crippen LogP contribution in [0.2, 0.25) is 0 Å². The third-order valence-electron chi connectivity index (χ3n) is 1.75. The zero-order valence-corrected chi connectivity index (χ0v) is 10.7. The number of amides is 1. The van der Waals surface area contributed by atoms with E-state index in [1.54, 1.807) is 0 Å². The summed E-state index contributed by atoms with van der Waals surface area (Å²) in [7, 11) is 0. The summed E-state index contributed by atoms with van der Waals surface area (Å²) in [6.45, 7) is 7.99. The lowest BCUT2D eigenvalue weighted by Gasteiger charge is -2.20. The Balaban J connectivity index is 3.71. The molecule has 1 unspecified atom stereocenters. The first-order valence-electron chi connectivity index (χ1n) is 5.72. The summed E-state index contributed by atoms with van der Waals surface area (Å²) in [6, 6.07) is -0.0599. The molecule has 4 heteroatoms. The number of carbonyl (C=O) groups is 1. The van der Waals surface area contributed by atoms with Gasteiger partial charge in [-0.25, -0.2) is 4.79 Å². The number of nitrogens with one attached hydrogen (secondary N) is 1. The molecule has 0 spiro atoms. The number of hydrogen-bond donors (Lipinski definition) is 2. The molecule has 1 amide bonds. The van der Waals surface area contributed by atoms with Crippen LogP contribution in [-0.4, -0.2) is 24.3 Å². The number of allylic oxidation sites excluding steroid dienone is 1. The van der Waals surface area contributed by atoms with Crippen LogP contribution in [0.15, 0.2) is 12.2 Å². The van der Waals surface area contributed by atoms with E-state index >= 15 is 0 Å². The number of nitrogens with two attached hydrogens (primary N) is 1. The normalized spacial score (nSPS) is 13.8. The molecule has 1 atom stereocenters. The van der Waals surface area contributed by atoms with Crippen LogP contribution in [-0.2, 0) is 4.74 Å². The molecule has 16 heavy (non-hydrogen) atoms. The second-order valence-corrected chi connectivity index (χ2v) is 4.76. The molecule has 94 valence electrons. The minimum Gasteiger partial charge on any atom is -0.444 e. The van der Waals surface area contributed by atoms with Crippen LogP contribution < -0.4 is 11.1 Å². The molecule has 0 heterocycles. The van der Waals surface area contributed by atoms with E-state index in [9.17, 15) is 4.79 Å². The summed E-state index contributed by atoms with van der Waals surface area (Å²) in [5.41, 5.74) is 5.34. The van der Waals surface area contributed by atoms with Crippen molar-refractivity contribution in [2.45, 2.75) is 52.2 Å². The van der Waals surface area contributed by atoms with Crippen LogP contribution in [0.5, 0.6) is 0 Å². The van der Waals surface area contributed by atoms with Crippen molar-refractivity contribution < 1.29 is 9.53 Å². The maximum Gasteiger partial charge on any atom is 0.407 e. The SMILES string of the molecule is CC/C=C/CC(N)CNC(=O)OC(C)(C)C. The van der Waals surface area contributed by atoms with Crippen LogP contribution in [0, 0.1) is 0 Å². The first-order valence-corrected chi connectivity index (χ1v) is 5.72. The fourth-order valence-electron chi connectivity index (χ4n) is 1.05. The predicted octanol–water partition coefficient (Wildman–Crippen LogP) is 2.19. The molecule has 0 aliphatic heterocycles. The molecule has 0 saturated heterocycles. The summed E-state index contributed by atoms with van der Waals surface area (Å²) in [6.07, 6.45) is 5.45. The molecule has 0 fully saturated rings. The Hall–Kier alpha value is -1.03. The van der Waals surface area contributed by atoms with Gasteiger partial charge < -0.3 is 15.8 Å². The van der Waals surface area contributed by atoms with Crippen LogP contribution >= 0.6 is 0 Å². The molecule has 0 rings (SSSR count). The standard InChI is InChI=1S/C12H24N2O2/c1-5-6-7-8-10(13)9-14-11(15)16-12(2,3)4/h6-7,10H,5,8-9,13H2,1-4H3,(H,14,15)/b7-6+. The fraction of sp³-hybridized carbons (Fsp3) is 0.750. The van der Waals surface area contributed by atoms with Gasteiger partial charge in [-0.15, -0.1) is 0 Å². The zero-order chi connectivity index (χ0) is 12.6. The maximum atomic E-state index is 11.3. The van der Waals surface area contributed by atoms with Gasteiger partial charge in [0.25, 0.3) is 0 Å². The maximum absolute atomic E-state index is 11.3. The van der Waals surface area contributed by atoms with E-state index in [2.05, 4.69) is 18.3 Å². The Morgan fingerprint density at radius 1 is 1.44 bits per heavy atom. The van der Waals surface area contributed by atoms with Crippen molar-refractivity contribution in [1.82, 2.24) is 5.32 Å². The van der Waals surface area contributed by atoms with E-state index in [1.165, 1.54) is 0 Å². The molecule has 0 aromatic carbocycles. The molecule has 0 radical (unpaired) electrons. The highest BCUT2D eigenvalue weighted by Gasteiger charge is 2.16. The first-order chi connectivity index (χ1) is 7.35. The summed E-state index contributed by atoms with van der Waals surface area (Å²) in [4.78, 5) is 11.3. The van der Waals surface area contributed by atoms with Crippen molar-refractivity contribution in [3.63, 3.8) is 0 Å². The summed E-state index contributed by atoms with van der Waals surface area (Å²) >= 11 is 0. The van der Waals surface area contributed by atoms with Gasteiger partial charge in [0.2, 0.25) is 0 Å². The van der Waals surface area contributed by atoms with Crippen LogP contribution in [0.1, 0.15) is 40.5 Å². The highest BCUT2D eigenvalue weighted by atomic mass is 16.6. The van der Waals surface area contributed by atoms with E-state index in [-0.39, 0.29) is 6.04 Å². The topological polar surface area (TPSA) is 64.3 Å². The Labute approximate surface area is 98.2 Å². The lowest BCUT2D eigenvalue weighted by molar-refractivity contribution is 0.0524. The Morgan fingerprint density at radius 3 is 2.56 bits per heavy atom. The van der Waals surface area contributed by atoms with Gasteiger partial charge in [0.05, 0.1) is 0 Å². The third kappa shape index (κ3) is 9.52. The van der Waals surface area contributed by atoms with Gasteiger partial charge in [-0.1, -0.05) is 19.1 Å². The number of hydrogen-bond acceptors (Lipinski definition) is 3. The Kier molecular flexibility index (Phi) is 6.81. The van der Waals surface area contributed by atoms with E-state index in [1.807, 2.05) is 26.8 Å². The molecule has 0 aliphatic rings. The third-order valence-corrected chi connectivity index (χ3v) is 1.75. The predicted molar refractivity (Wildman–Crippen MR) is 66.3 cm³/mol. The van der Waals surface area contributed by atoms with Crippen molar-refractivity contribution in [1.29, 1.82) is 0 Å². The van der Waals surface area contributed by atoms with E-state index in [0.717, 1.165) is 12.8 Å². The highest BCUT2D eigenvalue weighted by Crippen LogP contribution is 2.06. The van der Waals surface area contributed by atoms with Gasteiger partial charge in [0.1, 0.15) is 5.60 Å². The van der Waals surface area contributed by atoms with Gasteiger partial charge >= 0.3 is 6.09 Å². The highest BCUT2D eigenvalue weighted by molar-refractivity contribution is 5.67. The van der Waals surface area contributed by atoms with Crippen LogP contribution in [0.3, 0.4) is 0 Å². The zero-order valence-electron chi connectivity index (χ0n) is 10.7. The average Bonchev–Trinajstić information content (AvgIpc) is 2.12. The number of carbonyl (C=O) groups excluding carboxylic acids is 1. The van der Waals surface area contributed by atoms with Crippen molar-refractivity contribution in [2.24, 2.45) is 5.73 Å². The number of ether oxygens (including phenoxy) is 1. The molecule has 0 aromatic rings. The smallest absolute Gasteiger partial charge is 0.407 e. The molecule has 0 aliphatic carbocycles. The summed E-state index contributed by atoms with van der Waals surface area (Å²) in [5, 5.41) is 2.65. The number of rotatable bonds is 5.